The van der Waals surface area contributed by atoms with Crippen molar-refractivity contribution in [3.63, 3.8) is 0 Å². The molecule has 0 spiro atoms. The van der Waals surface area contributed by atoms with Gasteiger partial charge in [-0.3, -0.25) is 4.57 Å². The van der Waals surface area contributed by atoms with Crippen LogP contribution in [0.5, 0.6) is 0 Å². The van der Waals surface area contributed by atoms with E-state index in [1.54, 1.807) is 12.5 Å². The summed E-state index contributed by atoms with van der Waals surface area (Å²) in [7, 11) is 0. The minimum absolute atomic E-state index is 0.465. The number of nitrogens with zero attached hydrogens (tertiary/aromatic N) is 3. The smallest absolute Gasteiger partial charge is 0.142 e. The third kappa shape index (κ3) is 1.88. The van der Waals surface area contributed by atoms with Crippen LogP contribution in [-0.2, 0) is 5.88 Å². The topological polar surface area (TPSA) is 30.7 Å². The summed E-state index contributed by atoms with van der Waals surface area (Å²) in [4.78, 5) is 8.50. The number of hydrogen-bond acceptors (Lipinski definition) is 2. The second kappa shape index (κ2) is 4.03. The van der Waals surface area contributed by atoms with Gasteiger partial charge in [-0.05, 0) is 25.5 Å². The molecule has 0 aliphatic carbocycles. The lowest BCUT2D eigenvalue weighted by atomic mass is 10.1. The summed E-state index contributed by atoms with van der Waals surface area (Å²) in [5, 5.41) is 0. The van der Waals surface area contributed by atoms with Crippen LogP contribution in [0.3, 0.4) is 0 Å². The van der Waals surface area contributed by atoms with Crippen molar-refractivity contribution in [3.05, 3.63) is 41.6 Å². The number of aryl methyl sites for hydroxylation is 2. The van der Waals surface area contributed by atoms with Crippen molar-refractivity contribution in [1.29, 1.82) is 0 Å². The molecule has 2 aromatic rings. The third-order valence-electron chi connectivity index (χ3n) is 2.34. The van der Waals surface area contributed by atoms with Gasteiger partial charge in [-0.1, -0.05) is 0 Å². The van der Waals surface area contributed by atoms with Crippen LogP contribution in [0.2, 0.25) is 0 Å². The predicted octanol–water partition coefficient (Wildman–Crippen LogP) is 2.62. The Morgan fingerprint density at radius 3 is 2.80 bits per heavy atom. The van der Waals surface area contributed by atoms with E-state index >= 15 is 0 Å². The Hall–Kier alpha value is -1.35. The fourth-order valence-corrected chi connectivity index (χ4v) is 1.94. The molecule has 0 atom stereocenters. The monoisotopic (exact) mass is 221 g/mol. The first-order chi connectivity index (χ1) is 7.22. The summed E-state index contributed by atoms with van der Waals surface area (Å²) < 4.78 is 1.89. The van der Waals surface area contributed by atoms with Crippen molar-refractivity contribution in [2.45, 2.75) is 19.7 Å². The molecule has 0 saturated heterocycles. The molecule has 0 unspecified atom stereocenters. The molecule has 0 aliphatic rings. The maximum absolute atomic E-state index is 5.93. The predicted molar refractivity (Wildman–Crippen MR) is 60.4 cm³/mol. The second-order valence-electron chi connectivity index (χ2n) is 3.49. The van der Waals surface area contributed by atoms with Crippen LogP contribution in [0.15, 0.2) is 24.8 Å². The average molecular weight is 222 g/mol. The molecule has 15 heavy (non-hydrogen) atoms. The van der Waals surface area contributed by atoms with E-state index in [1.165, 1.54) is 5.56 Å². The molecule has 2 aromatic heterocycles. The number of alkyl halides is 1. The molecule has 0 radical (unpaired) electrons. The number of hydrogen-bond donors (Lipinski definition) is 0. The van der Waals surface area contributed by atoms with Gasteiger partial charge >= 0.3 is 0 Å². The second-order valence-corrected chi connectivity index (χ2v) is 3.75. The molecular formula is C11H12ClN3. The zero-order valence-electron chi connectivity index (χ0n) is 8.74. The number of imidazole rings is 1. The fourth-order valence-electron chi connectivity index (χ4n) is 1.61. The van der Waals surface area contributed by atoms with Crippen molar-refractivity contribution in [2.24, 2.45) is 0 Å². The maximum atomic E-state index is 5.93. The Bertz CT molecular complexity index is 463. The van der Waals surface area contributed by atoms with Gasteiger partial charge in [0.25, 0.3) is 0 Å². The largest absolute Gasteiger partial charge is 0.290 e. The highest BCUT2D eigenvalue weighted by molar-refractivity contribution is 6.17. The SMILES string of the molecule is Cc1cc(C)c(CCl)c(-n2ccnc2)n1. The van der Waals surface area contributed by atoms with Gasteiger partial charge in [-0.25, -0.2) is 9.97 Å². The Morgan fingerprint density at radius 1 is 1.40 bits per heavy atom. The van der Waals surface area contributed by atoms with E-state index in [4.69, 9.17) is 11.6 Å². The van der Waals surface area contributed by atoms with Gasteiger partial charge in [0.1, 0.15) is 12.1 Å². The van der Waals surface area contributed by atoms with Gasteiger partial charge in [-0.2, -0.15) is 0 Å². The third-order valence-corrected chi connectivity index (χ3v) is 2.60. The quantitative estimate of drug-likeness (QED) is 0.730. The van der Waals surface area contributed by atoms with Crippen LogP contribution in [0, 0.1) is 13.8 Å². The lowest BCUT2D eigenvalue weighted by Gasteiger charge is -2.10. The summed E-state index contributed by atoms with van der Waals surface area (Å²) in [6, 6.07) is 2.04. The molecule has 0 aliphatic heterocycles. The van der Waals surface area contributed by atoms with Crippen LogP contribution in [0.25, 0.3) is 5.82 Å². The lowest BCUT2D eigenvalue weighted by Crippen LogP contribution is -2.03. The van der Waals surface area contributed by atoms with Crippen LogP contribution < -0.4 is 0 Å². The standard InChI is InChI=1S/C11H12ClN3/c1-8-5-9(2)14-11(10(8)6-12)15-4-3-13-7-15/h3-5,7H,6H2,1-2H3. The number of rotatable bonds is 2. The van der Waals surface area contributed by atoms with E-state index in [-0.39, 0.29) is 0 Å². The first kappa shape index (κ1) is 10.2. The molecule has 4 heteroatoms. The minimum Gasteiger partial charge on any atom is -0.290 e. The molecule has 0 saturated carbocycles. The van der Waals surface area contributed by atoms with E-state index < -0.39 is 0 Å². The molecular weight excluding hydrogens is 210 g/mol. The Labute approximate surface area is 93.7 Å². The maximum Gasteiger partial charge on any atom is 0.142 e. The zero-order valence-corrected chi connectivity index (χ0v) is 9.49. The van der Waals surface area contributed by atoms with E-state index in [0.29, 0.717) is 5.88 Å². The summed E-state index contributed by atoms with van der Waals surface area (Å²) in [5.41, 5.74) is 3.21. The number of aromatic nitrogens is 3. The molecule has 2 heterocycles. The highest BCUT2D eigenvalue weighted by atomic mass is 35.5. The summed E-state index contributed by atoms with van der Waals surface area (Å²) >= 11 is 5.93. The summed E-state index contributed by atoms with van der Waals surface area (Å²) in [5.74, 6) is 1.34. The number of halogens is 1. The van der Waals surface area contributed by atoms with E-state index in [9.17, 15) is 0 Å². The Balaban J connectivity index is 2.64. The highest BCUT2D eigenvalue weighted by Gasteiger charge is 2.08. The highest BCUT2D eigenvalue weighted by Crippen LogP contribution is 2.19. The van der Waals surface area contributed by atoms with Gasteiger partial charge in [0.05, 0.1) is 5.88 Å². The molecule has 0 amide bonds. The minimum atomic E-state index is 0.465. The van der Waals surface area contributed by atoms with Crippen LogP contribution in [0.1, 0.15) is 16.8 Å². The molecule has 0 N–H and O–H groups in total. The van der Waals surface area contributed by atoms with Crippen molar-refractivity contribution in [3.8, 4) is 5.82 Å². The van der Waals surface area contributed by atoms with Gasteiger partial charge in [0, 0.05) is 23.7 Å². The first-order valence-electron chi connectivity index (χ1n) is 4.74. The summed E-state index contributed by atoms with van der Waals surface area (Å²) in [6.45, 7) is 4.03. The van der Waals surface area contributed by atoms with E-state index in [1.807, 2.05) is 30.7 Å². The van der Waals surface area contributed by atoms with Crippen LogP contribution in [0.4, 0.5) is 0 Å². The van der Waals surface area contributed by atoms with Crippen molar-refractivity contribution in [2.75, 3.05) is 0 Å². The molecule has 3 nitrogen and oxygen atoms in total. The zero-order chi connectivity index (χ0) is 10.8. The van der Waals surface area contributed by atoms with Crippen molar-refractivity contribution < 1.29 is 0 Å². The van der Waals surface area contributed by atoms with Gasteiger partial charge in [0.2, 0.25) is 0 Å². The molecule has 0 fully saturated rings. The van der Waals surface area contributed by atoms with E-state index in [2.05, 4.69) is 9.97 Å². The van der Waals surface area contributed by atoms with Crippen molar-refractivity contribution in [1.82, 2.24) is 14.5 Å². The van der Waals surface area contributed by atoms with Crippen molar-refractivity contribution >= 4 is 11.6 Å². The Kier molecular flexibility index (Phi) is 2.73. The van der Waals surface area contributed by atoms with Crippen LogP contribution in [-0.4, -0.2) is 14.5 Å². The van der Waals surface area contributed by atoms with Gasteiger partial charge in [-0.15, -0.1) is 11.6 Å². The molecule has 0 aromatic carbocycles. The lowest BCUT2D eigenvalue weighted by molar-refractivity contribution is 0.945. The van der Waals surface area contributed by atoms with Crippen LogP contribution >= 0.6 is 11.6 Å². The molecule has 2 rings (SSSR count). The normalized spacial score (nSPS) is 10.6. The molecule has 78 valence electrons. The number of pyridine rings is 1. The van der Waals surface area contributed by atoms with Gasteiger partial charge in [0.15, 0.2) is 0 Å². The average Bonchev–Trinajstić information content (AvgIpc) is 2.69. The van der Waals surface area contributed by atoms with Gasteiger partial charge < -0.3 is 0 Å². The molecule has 0 bridgehead atoms. The van der Waals surface area contributed by atoms with E-state index in [0.717, 1.165) is 17.1 Å². The fraction of sp³-hybridized carbons (Fsp3) is 0.273. The first-order valence-corrected chi connectivity index (χ1v) is 5.27. The Morgan fingerprint density at radius 2 is 2.20 bits per heavy atom. The summed E-state index contributed by atoms with van der Waals surface area (Å²) in [6.07, 6.45) is 5.34.